The number of hydrogen-bond donors (Lipinski definition) is 0. The molecule has 58 valence electrons. The second-order valence-corrected chi connectivity index (χ2v) is 3.27. The van der Waals surface area contributed by atoms with E-state index in [1.807, 2.05) is 0 Å². The summed E-state index contributed by atoms with van der Waals surface area (Å²) in [6.07, 6.45) is 15.8. The fraction of sp³-hybridized carbons (Fsp3) is 0.455. The summed E-state index contributed by atoms with van der Waals surface area (Å²) in [5.41, 5.74) is 3.08. The average Bonchev–Trinajstić information content (AvgIpc) is 2.58. The molecule has 0 fully saturated rings. The van der Waals surface area contributed by atoms with Crippen LogP contribution in [-0.2, 0) is 0 Å². The maximum Gasteiger partial charge on any atom is -0.0157 e. The Morgan fingerprint density at radius 1 is 1.09 bits per heavy atom. The molecular weight excluding hydrogens is 132 g/mol. The van der Waals surface area contributed by atoms with E-state index >= 15 is 0 Å². The van der Waals surface area contributed by atoms with Crippen LogP contribution in [0.4, 0.5) is 0 Å². The van der Waals surface area contributed by atoms with E-state index in [2.05, 4.69) is 24.3 Å². The monoisotopic (exact) mass is 146 g/mol. The maximum atomic E-state index is 2.41. The molecule has 0 spiro atoms. The van der Waals surface area contributed by atoms with Crippen LogP contribution < -0.4 is 0 Å². The van der Waals surface area contributed by atoms with Crippen molar-refractivity contribution in [3.8, 4) is 0 Å². The van der Waals surface area contributed by atoms with E-state index in [4.69, 9.17) is 0 Å². The zero-order valence-corrected chi connectivity index (χ0v) is 6.84. The molecule has 11 heavy (non-hydrogen) atoms. The molecule has 0 N–H and O–H groups in total. The van der Waals surface area contributed by atoms with Crippen LogP contribution in [-0.4, -0.2) is 0 Å². The van der Waals surface area contributed by atoms with Gasteiger partial charge < -0.3 is 0 Å². The minimum absolute atomic E-state index is 1.15. The van der Waals surface area contributed by atoms with Crippen molar-refractivity contribution in [3.05, 3.63) is 35.5 Å². The van der Waals surface area contributed by atoms with Crippen LogP contribution >= 0.6 is 0 Å². The first-order chi connectivity index (χ1) is 5.47. The van der Waals surface area contributed by atoms with E-state index in [0.717, 1.165) is 6.42 Å². The van der Waals surface area contributed by atoms with Gasteiger partial charge in [0.15, 0.2) is 0 Å². The van der Waals surface area contributed by atoms with Crippen LogP contribution in [0.1, 0.15) is 32.1 Å². The van der Waals surface area contributed by atoms with Crippen LogP contribution in [0.2, 0.25) is 0 Å². The second-order valence-electron chi connectivity index (χ2n) is 3.27. The van der Waals surface area contributed by atoms with Crippen LogP contribution in [0.15, 0.2) is 35.5 Å². The van der Waals surface area contributed by atoms with Crippen molar-refractivity contribution < 1.29 is 0 Å². The van der Waals surface area contributed by atoms with Crippen molar-refractivity contribution >= 4 is 0 Å². The molecule has 0 nitrogen and oxygen atoms in total. The first kappa shape index (κ1) is 6.90. The van der Waals surface area contributed by atoms with Crippen LogP contribution in [0.3, 0.4) is 0 Å². The van der Waals surface area contributed by atoms with Crippen molar-refractivity contribution in [1.29, 1.82) is 0 Å². The standard InChI is InChI=1S/C11H14/c1-2-6-10(7-3-1)11-8-4-5-9-11/h4,6,8-9H,1-3,5,7H2. The Morgan fingerprint density at radius 3 is 2.73 bits per heavy atom. The highest BCUT2D eigenvalue weighted by Gasteiger charge is 2.07. The predicted molar refractivity (Wildman–Crippen MR) is 48.4 cm³/mol. The molecule has 0 amide bonds. The van der Waals surface area contributed by atoms with Gasteiger partial charge in [-0.3, -0.25) is 0 Å². The van der Waals surface area contributed by atoms with Crippen LogP contribution in [0, 0.1) is 0 Å². The summed E-state index contributed by atoms with van der Waals surface area (Å²) in [6, 6.07) is 0. The third kappa shape index (κ3) is 1.45. The lowest BCUT2D eigenvalue weighted by molar-refractivity contribution is 0.708. The fourth-order valence-corrected chi connectivity index (χ4v) is 1.80. The lowest BCUT2D eigenvalue weighted by Gasteiger charge is -2.11. The summed E-state index contributed by atoms with van der Waals surface area (Å²) < 4.78 is 0. The third-order valence-electron chi connectivity index (χ3n) is 2.43. The molecule has 0 aromatic heterocycles. The molecule has 0 heteroatoms. The molecule has 0 aliphatic heterocycles. The molecule has 2 rings (SSSR count). The molecule has 0 atom stereocenters. The van der Waals surface area contributed by atoms with E-state index in [0.29, 0.717) is 0 Å². The number of rotatable bonds is 1. The van der Waals surface area contributed by atoms with Gasteiger partial charge in [0.05, 0.1) is 0 Å². The fourth-order valence-electron chi connectivity index (χ4n) is 1.80. The van der Waals surface area contributed by atoms with Gasteiger partial charge in [0.1, 0.15) is 0 Å². The second kappa shape index (κ2) is 3.08. The van der Waals surface area contributed by atoms with E-state index in [1.165, 1.54) is 31.3 Å². The minimum Gasteiger partial charge on any atom is -0.0807 e. The van der Waals surface area contributed by atoms with Crippen molar-refractivity contribution in [3.63, 3.8) is 0 Å². The molecule has 2 aliphatic carbocycles. The molecule has 2 aliphatic rings. The average molecular weight is 146 g/mol. The number of hydrogen-bond acceptors (Lipinski definition) is 0. The smallest absolute Gasteiger partial charge is 0.0157 e. The molecule has 0 aromatic rings. The van der Waals surface area contributed by atoms with Gasteiger partial charge in [-0.1, -0.05) is 24.3 Å². The zero-order valence-electron chi connectivity index (χ0n) is 6.84. The van der Waals surface area contributed by atoms with Gasteiger partial charge in [0.2, 0.25) is 0 Å². The SMILES string of the molecule is C1=CC(C2=CCCCC2)=CC1. The summed E-state index contributed by atoms with van der Waals surface area (Å²) in [5, 5.41) is 0. The van der Waals surface area contributed by atoms with E-state index in [1.54, 1.807) is 5.57 Å². The highest BCUT2D eigenvalue weighted by Crippen LogP contribution is 2.27. The van der Waals surface area contributed by atoms with E-state index in [9.17, 15) is 0 Å². The van der Waals surface area contributed by atoms with Crippen LogP contribution in [0.5, 0.6) is 0 Å². The zero-order chi connectivity index (χ0) is 7.52. The van der Waals surface area contributed by atoms with Crippen molar-refractivity contribution in [1.82, 2.24) is 0 Å². The van der Waals surface area contributed by atoms with Crippen LogP contribution in [0.25, 0.3) is 0 Å². The van der Waals surface area contributed by atoms with Gasteiger partial charge in [-0.05, 0) is 43.3 Å². The van der Waals surface area contributed by atoms with Crippen molar-refractivity contribution in [2.24, 2.45) is 0 Å². The summed E-state index contributed by atoms with van der Waals surface area (Å²) in [4.78, 5) is 0. The first-order valence-electron chi connectivity index (χ1n) is 4.53. The summed E-state index contributed by atoms with van der Waals surface area (Å²) in [7, 11) is 0. The predicted octanol–water partition coefficient (Wildman–Crippen LogP) is 3.37. The topological polar surface area (TPSA) is 0 Å². The molecule has 0 aromatic carbocycles. The Hall–Kier alpha value is -0.780. The Kier molecular flexibility index (Phi) is 1.93. The normalized spacial score (nSPS) is 23.3. The van der Waals surface area contributed by atoms with Gasteiger partial charge in [-0.15, -0.1) is 0 Å². The van der Waals surface area contributed by atoms with Crippen molar-refractivity contribution in [2.45, 2.75) is 32.1 Å². The highest BCUT2D eigenvalue weighted by atomic mass is 14.1. The van der Waals surface area contributed by atoms with Gasteiger partial charge >= 0.3 is 0 Å². The summed E-state index contributed by atoms with van der Waals surface area (Å²) >= 11 is 0. The Labute approximate surface area is 68.3 Å². The first-order valence-corrected chi connectivity index (χ1v) is 4.53. The van der Waals surface area contributed by atoms with Gasteiger partial charge in [-0.2, -0.15) is 0 Å². The molecule has 0 unspecified atom stereocenters. The quantitative estimate of drug-likeness (QED) is 0.532. The Morgan fingerprint density at radius 2 is 2.09 bits per heavy atom. The molecule has 0 bridgehead atoms. The molecule has 0 radical (unpaired) electrons. The van der Waals surface area contributed by atoms with Gasteiger partial charge in [-0.25, -0.2) is 0 Å². The largest absolute Gasteiger partial charge is 0.0807 e. The molecular formula is C11H14. The number of allylic oxidation sites excluding steroid dienone is 6. The minimum atomic E-state index is 1.15. The maximum absolute atomic E-state index is 2.41. The lowest BCUT2D eigenvalue weighted by Crippen LogP contribution is -1.92. The molecule has 0 heterocycles. The summed E-state index contributed by atoms with van der Waals surface area (Å²) in [5.74, 6) is 0. The van der Waals surface area contributed by atoms with E-state index < -0.39 is 0 Å². The van der Waals surface area contributed by atoms with E-state index in [-0.39, 0.29) is 0 Å². The Balaban J connectivity index is 2.14. The summed E-state index contributed by atoms with van der Waals surface area (Å²) in [6.45, 7) is 0. The molecule has 0 saturated heterocycles. The Bertz CT molecular complexity index is 228. The molecule has 0 saturated carbocycles. The third-order valence-corrected chi connectivity index (χ3v) is 2.43. The van der Waals surface area contributed by atoms with Gasteiger partial charge in [0, 0.05) is 0 Å². The lowest BCUT2D eigenvalue weighted by atomic mass is 9.94. The van der Waals surface area contributed by atoms with Gasteiger partial charge in [0.25, 0.3) is 0 Å². The highest BCUT2D eigenvalue weighted by molar-refractivity contribution is 5.43. The van der Waals surface area contributed by atoms with Crippen molar-refractivity contribution in [2.75, 3.05) is 0 Å².